The molecule has 5 nitrogen and oxygen atoms in total. The normalized spacial score (nSPS) is 15.7. The summed E-state index contributed by atoms with van der Waals surface area (Å²) >= 11 is 8.14. The molecule has 1 heterocycles. The van der Waals surface area contributed by atoms with Crippen molar-refractivity contribution in [1.82, 2.24) is 4.90 Å². The molecule has 168 valence electrons. The van der Waals surface area contributed by atoms with Crippen molar-refractivity contribution in [2.75, 3.05) is 11.4 Å². The second-order valence-corrected chi connectivity index (χ2v) is 9.57. The Morgan fingerprint density at radius 1 is 0.939 bits per heavy atom. The van der Waals surface area contributed by atoms with E-state index in [-0.39, 0.29) is 30.6 Å². The van der Waals surface area contributed by atoms with Crippen molar-refractivity contribution in [1.29, 1.82) is 0 Å². The predicted molar refractivity (Wildman–Crippen MR) is 137 cm³/mol. The van der Waals surface area contributed by atoms with Gasteiger partial charge >= 0.3 is 0 Å². The van der Waals surface area contributed by atoms with Gasteiger partial charge in [-0.3, -0.25) is 14.4 Å². The Morgan fingerprint density at radius 2 is 1.61 bits per heavy atom. The molecule has 0 saturated carbocycles. The highest BCUT2D eigenvalue weighted by atomic mass is 127. The third-order valence-corrected chi connectivity index (χ3v) is 6.63. The first-order valence-corrected chi connectivity index (χ1v) is 12.1. The lowest BCUT2D eigenvalue weighted by molar-refractivity contribution is -0.137. The third-order valence-electron chi connectivity index (χ3n) is 5.66. The molecule has 1 unspecified atom stereocenters. The molecule has 1 aliphatic heterocycles. The van der Waals surface area contributed by atoms with Gasteiger partial charge in [-0.05, 0) is 76.5 Å². The summed E-state index contributed by atoms with van der Waals surface area (Å²) in [5.74, 6) is -0.849. The number of nitrogens with zero attached hydrogens (tertiary/aromatic N) is 2. The maximum absolute atomic E-state index is 13.4. The first-order valence-electron chi connectivity index (χ1n) is 10.6. The van der Waals surface area contributed by atoms with Gasteiger partial charge in [0.2, 0.25) is 11.8 Å². The first-order chi connectivity index (χ1) is 15.9. The summed E-state index contributed by atoms with van der Waals surface area (Å²) in [4.78, 5) is 42.3. The highest BCUT2D eigenvalue weighted by molar-refractivity contribution is 14.1. The fourth-order valence-electron chi connectivity index (χ4n) is 3.95. The van der Waals surface area contributed by atoms with Crippen LogP contribution in [0.5, 0.6) is 0 Å². The van der Waals surface area contributed by atoms with Crippen LogP contribution in [-0.2, 0) is 27.2 Å². The Labute approximate surface area is 211 Å². The third kappa shape index (κ3) is 5.62. The zero-order valence-electron chi connectivity index (χ0n) is 17.8. The van der Waals surface area contributed by atoms with E-state index in [0.29, 0.717) is 23.7 Å². The molecule has 3 amide bonds. The minimum Gasteiger partial charge on any atom is -0.329 e. The smallest absolute Gasteiger partial charge is 0.257 e. The first kappa shape index (κ1) is 23.4. The summed E-state index contributed by atoms with van der Waals surface area (Å²) in [6.45, 7) is 0.348. The molecule has 0 spiro atoms. The zero-order chi connectivity index (χ0) is 23.4. The van der Waals surface area contributed by atoms with Gasteiger partial charge in [-0.25, -0.2) is 4.90 Å². The summed E-state index contributed by atoms with van der Waals surface area (Å²) in [7, 11) is 0. The average molecular weight is 573 g/mol. The quantitative estimate of drug-likeness (QED) is 0.299. The average Bonchev–Trinajstić information content (AvgIpc) is 3.10. The monoisotopic (exact) mass is 572 g/mol. The lowest BCUT2D eigenvalue weighted by atomic mass is 10.1. The van der Waals surface area contributed by atoms with Gasteiger partial charge in [-0.15, -0.1) is 0 Å². The fourth-order valence-corrected chi connectivity index (χ4v) is 4.43. The number of anilines is 1. The number of amides is 3. The summed E-state index contributed by atoms with van der Waals surface area (Å²) in [6, 6.07) is 23.3. The van der Waals surface area contributed by atoms with E-state index < -0.39 is 6.04 Å². The SMILES string of the molecule is O=C1CC(N(CCc2ccccc2)C(=O)Cc2ccc(Cl)cc2)C(=O)N1c1ccc(I)cc1. The van der Waals surface area contributed by atoms with Crippen LogP contribution >= 0.6 is 34.2 Å². The molecule has 1 fully saturated rings. The molecular weight excluding hydrogens is 551 g/mol. The molecule has 1 atom stereocenters. The van der Waals surface area contributed by atoms with Gasteiger partial charge in [0.1, 0.15) is 6.04 Å². The largest absolute Gasteiger partial charge is 0.329 e. The number of rotatable bonds is 7. The number of carbonyl (C=O) groups excluding carboxylic acids is 3. The van der Waals surface area contributed by atoms with E-state index in [1.54, 1.807) is 41.3 Å². The van der Waals surface area contributed by atoms with E-state index in [4.69, 9.17) is 11.6 Å². The summed E-state index contributed by atoms with van der Waals surface area (Å²) in [6.07, 6.45) is 0.703. The van der Waals surface area contributed by atoms with Gasteiger partial charge in [0.25, 0.3) is 5.91 Å². The number of carbonyl (C=O) groups is 3. The Balaban J connectivity index is 1.58. The number of halogens is 2. The van der Waals surface area contributed by atoms with Gasteiger partial charge < -0.3 is 4.90 Å². The summed E-state index contributed by atoms with van der Waals surface area (Å²) in [5, 5.41) is 0.594. The van der Waals surface area contributed by atoms with E-state index in [1.807, 2.05) is 42.5 Å². The van der Waals surface area contributed by atoms with Crippen molar-refractivity contribution in [2.24, 2.45) is 0 Å². The summed E-state index contributed by atoms with van der Waals surface area (Å²) in [5.41, 5.74) is 2.40. The second kappa shape index (κ2) is 10.5. The van der Waals surface area contributed by atoms with Gasteiger partial charge in [0.15, 0.2) is 0 Å². The predicted octanol–water partition coefficient (Wildman–Crippen LogP) is 4.89. The van der Waals surface area contributed by atoms with Crippen molar-refractivity contribution in [2.45, 2.75) is 25.3 Å². The van der Waals surface area contributed by atoms with Gasteiger partial charge in [0.05, 0.1) is 18.5 Å². The maximum Gasteiger partial charge on any atom is 0.257 e. The second-order valence-electron chi connectivity index (χ2n) is 7.89. The molecule has 0 N–H and O–H groups in total. The van der Waals surface area contributed by atoms with Crippen LogP contribution in [0.15, 0.2) is 78.9 Å². The Bertz CT molecular complexity index is 1150. The van der Waals surface area contributed by atoms with E-state index >= 15 is 0 Å². The Hall–Kier alpha value is -2.71. The van der Waals surface area contributed by atoms with Crippen LogP contribution in [-0.4, -0.2) is 35.2 Å². The van der Waals surface area contributed by atoms with Crippen LogP contribution in [0.3, 0.4) is 0 Å². The van der Waals surface area contributed by atoms with E-state index in [0.717, 1.165) is 14.7 Å². The van der Waals surface area contributed by atoms with Crippen molar-refractivity contribution >= 4 is 57.6 Å². The molecule has 0 aliphatic carbocycles. The lowest BCUT2D eigenvalue weighted by Crippen LogP contribution is -2.47. The van der Waals surface area contributed by atoms with Crippen LogP contribution in [0.1, 0.15) is 17.5 Å². The molecule has 0 bridgehead atoms. The molecule has 0 radical (unpaired) electrons. The topological polar surface area (TPSA) is 57.7 Å². The van der Waals surface area contributed by atoms with Crippen LogP contribution in [0, 0.1) is 3.57 Å². The van der Waals surface area contributed by atoms with Crippen molar-refractivity contribution in [3.63, 3.8) is 0 Å². The number of hydrogen-bond donors (Lipinski definition) is 0. The molecular formula is C26H22ClIN2O3. The summed E-state index contributed by atoms with van der Waals surface area (Å²) < 4.78 is 1.01. The number of hydrogen-bond acceptors (Lipinski definition) is 3. The molecule has 1 saturated heterocycles. The molecule has 3 aromatic carbocycles. The highest BCUT2D eigenvalue weighted by Gasteiger charge is 2.44. The van der Waals surface area contributed by atoms with E-state index in [9.17, 15) is 14.4 Å². The van der Waals surface area contributed by atoms with Crippen LogP contribution in [0.4, 0.5) is 5.69 Å². The van der Waals surface area contributed by atoms with Gasteiger partial charge in [-0.2, -0.15) is 0 Å². The van der Waals surface area contributed by atoms with Crippen LogP contribution in [0.25, 0.3) is 0 Å². The van der Waals surface area contributed by atoms with Crippen molar-refractivity contribution in [3.05, 3.63) is 98.6 Å². The molecule has 3 aromatic rings. The van der Waals surface area contributed by atoms with Crippen molar-refractivity contribution < 1.29 is 14.4 Å². The number of imide groups is 1. The van der Waals surface area contributed by atoms with E-state index in [2.05, 4.69) is 22.6 Å². The number of benzene rings is 3. The standard InChI is InChI=1S/C26H22ClIN2O3/c27-20-8-6-19(7-9-20)16-24(31)29(15-14-18-4-2-1-3-5-18)23-17-25(32)30(26(23)33)22-12-10-21(28)11-13-22/h1-13,23H,14-17H2. The minimum absolute atomic E-state index is 0.0219. The molecule has 4 rings (SSSR count). The molecule has 1 aliphatic rings. The maximum atomic E-state index is 13.4. The molecule has 0 aromatic heterocycles. The van der Waals surface area contributed by atoms with Crippen LogP contribution in [0.2, 0.25) is 5.02 Å². The fraction of sp³-hybridized carbons (Fsp3) is 0.192. The minimum atomic E-state index is -0.819. The van der Waals surface area contributed by atoms with Crippen molar-refractivity contribution in [3.8, 4) is 0 Å². The Kier molecular flexibility index (Phi) is 7.45. The molecule has 33 heavy (non-hydrogen) atoms. The van der Waals surface area contributed by atoms with Crippen LogP contribution < -0.4 is 4.90 Å². The molecule has 7 heteroatoms. The lowest BCUT2D eigenvalue weighted by Gasteiger charge is -2.28. The van der Waals surface area contributed by atoms with Gasteiger partial charge in [-0.1, -0.05) is 54.1 Å². The van der Waals surface area contributed by atoms with E-state index in [1.165, 1.54) is 4.90 Å². The highest BCUT2D eigenvalue weighted by Crippen LogP contribution is 2.27. The Morgan fingerprint density at radius 3 is 2.27 bits per heavy atom. The van der Waals surface area contributed by atoms with Gasteiger partial charge in [0, 0.05) is 15.1 Å². The zero-order valence-corrected chi connectivity index (χ0v) is 20.7.